The molecule has 2 saturated heterocycles. The number of rotatable bonds is 5. The van der Waals surface area contributed by atoms with Gasteiger partial charge in [0.05, 0.1) is 10.6 Å². The molecule has 2 aliphatic heterocycles. The van der Waals surface area contributed by atoms with E-state index in [1.54, 1.807) is 4.90 Å². The number of ether oxygens (including phenoxy) is 1. The van der Waals surface area contributed by atoms with Gasteiger partial charge >= 0.3 is 0 Å². The summed E-state index contributed by atoms with van der Waals surface area (Å²) in [6.07, 6.45) is 5.15. The summed E-state index contributed by atoms with van der Waals surface area (Å²) < 4.78 is 6.17. The Hall–Kier alpha value is -2.64. The van der Waals surface area contributed by atoms with Crippen molar-refractivity contribution >= 4 is 51.9 Å². The predicted octanol–water partition coefficient (Wildman–Crippen LogP) is 4.48. The molecule has 2 amide bonds. The molecule has 0 aromatic heterocycles. The van der Waals surface area contributed by atoms with Crippen molar-refractivity contribution in [3.05, 3.63) is 65.1 Å². The van der Waals surface area contributed by atoms with Crippen LogP contribution < -0.4 is 9.64 Å². The van der Waals surface area contributed by atoms with E-state index in [9.17, 15) is 9.59 Å². The number of carbonyl (C=O) groups excluding carboxylic acids is 2. The topological polar surface area (TPSA) is 49.9 Å². The second-order valence-electron chi connectivity index (χ2n) is 7.15. The summed E-state index contributed by atoms with van der Waals surface area (Å²) in [5.74, 6) is 0.543. The third kappa shape index (κ3) is 4.74. The van der Waals surface area contributed by atoms with Crippen LogP contribution in [0.2, 0.25) is 0 Å². The maximum absolute atomic E-state index is 12.8. The molecule has 0 spiro atoms. The molecule has 0 aliphatic carbocycles. The summed E-state index contributed by atoms with van der Waals surface area (Å²) in [6, 6.07) is 16.8. The Morgan fingerprint density at radius 3 is 2.43 bits per heavy atom. The van der Waals surface area contributed by atoms with E-state index in [1.807, 2.05) is 65.6 Å². The Labute approximate surface area is 185 Å². The number of amides is 2. The smallest absolute Gasteiger partial charge is 0.270 e. The van der Waals surface area contributed by atoms with Crippen LogP contribution in [0.3, 0.4) is 0 Å². The molecule has 2 fully saturated rings. The second-order valence-corrected chi connectivity index (χ2v) is 8.83. The number of piperidine rings is 1. The molecule has 0 saturated carbocycles. The van der Waals surface area contributed by atoms with Gasteiger partial charge in [-0.15, -0.1) is 0 Å². The molecule has 5 nitrogen and oxygen atoms in total. The van der Waals surface area contributed by atoms with Crippen molar-refractivity contribution in [3.8, 4) is 5.75 Å². The minimum Gasteiger partial charge on any atom is -0.484 e. The predicted molar refractivity (Wildman–Crippen MR) is 124 cm³/mol. The molecule has 0 radical (unpaired) electrons. The van der Waals surface area contributed by atoms with E-state index in [-0.39, 0.29) is 18.4 Å². The van der Waals surface area contributed by atoms with Gasteiger partial charge in [0.1, 0.15) is 5.75 Å². The number of likely N-dealkylation sites (tertiary alicyclic amines) is 1. The molecule has 2 aromatic carbocycles. The van der Waals surface area contributed by atoms with Crippen LogP contribution in [0.25, 0.3) is 6.08 Å². The number of thioether (sulfide) groups is 1. The van der Waals surface area contributed by atoms with E-state index in [0.717, 1.165) is 37.2 Å². The molecule has 2 aliphatic rings. The van der Waals surface area contributed by atoms with E-state index in [0.29, 0.717) is 15.0 Å². The lowest BCUT2D eigenvalue weighted by atomic mass is 10.1. The average Bonchev–Trinajstić information content (AvgIpc) is 3.07. The van der Waals surface area contributed by atoms with Gasteiger partial charge < -0.3 is 9.64 Å². The second kappa shape index (κ2) is 9.45. The highest BCUT2D eigenvalue weighted by Crippen LogP contribution is 2.36. The number of benzene rings is 2. The quantitative estimate of drug-likeness (QED) is 0.509. The Bertz CT molecular complexity index is 968. The lowest BCUT2D eigenvalue weighted by molar-refractivity contribution is -0.134. The third-order valence-electron chi connectivity index (χ3n) is 5.06. The van der Waals surface area contributed by atoms with Crippen LogP contribution in [-0.2, 0) is 9.59 Å². The molecule has 4 rings (SSSR count). The van der Waals surface area contributed by atoms with Crippen molar-refractivity contribution < 1.29 is 14.3 Å². The van der Waals surface area contributed by atoms with Crippen molar-refractivity contribution in [2.24, 2.45) is 0 Å². The van der Waals surface area contributed by atoms with Crippen LogP contribution in [0.4, 0.5) is 5.69 Å². The number of carbonyl (C=O) groups is 2. The van der Waals surface area contributed by atoms with Crippen molar-refractivity contribution in [2.45, 2.75) is 19.3 Å². The van der Waals surface area contributed by atoms with Crippen molar-refractivity contribution in [1.29, 1.82) is 0 Å². The Balaban J connectivity index is 1.38. The molecular weight excluding hydrogens is 416 g/mol. The van der Waals surface area contributed by atoms with Crippen LogP contribution in [0.15, 0.2) is 59.5 Å². The number of hydrogen-bond acceptors (Lipinski definition) is 5. The van der Waals surface area contributed by atoms with Gasteiger partial charge in [-0.05, 0) is 55.2 Å². The number of hydrogen-bond donors (Lipinski definition) is 0. The van der Waals surface area contributed by atoms with Crippen molar-refractivity contribution in [1.82, 2.24) is 4.90 Å². The van der Waals surface area contributed by atoms with Crippen LogP contribution in [-0.4, -0.2) is 40.7 Å². The first kappa shape index (κ1) is 20.6. The maximum Gasteiger partial charge on any atom is 0.270 e. The number of anilines is 1. The Morgan fingerprint density at radius 1 is 1.03 bits per heavy atom. The maximum atomic E-state index is 12.8. The SMILES string of the molecule is O=C(COc1ccc(/C=C2\SC(=S)N(c3ccccc3)C2=O)cc1)N1CCCCC1. The zero-order valence-corrected chi connectivity index (χ0v) is 18.1. The van der Waals surface area contributed by atoms with E-state index < -0.39 is 0 Å². The van der Waals surface area contributed by atoms with Crippen LogP contribution in [0.1, 0.15) is 24.8 Å². The van der Waals surface area contributed by atoms with Gasteiger partial charge in [-0.25, -0.2) is 0 Å². The first-order valence-corrected chi connectivity index (χ1v) is 11.2. The lowest BCUT2D eigenvalue weighted by Gasteiger charge is -2.26. The highest BCUT2D eigenvalue weighted by molar-refractivity contribution is 8.27. The zero-order valence-electron chi connectivity index (χ0n) is 16.5. The summed E-state index contributed by atoms with van der Waals surface area (Å²) in [5, 5.41) is 0. The molecule has 2 heterocycles. The summed E-state index contributed by atoms with van der Waals surface area (Å²) in [7, 11) is 0. The van der Waals surface area contributed by atoms with Gasteiger partial charge in [0.25, 0.3) is 11.8 Å². The molecular formula is C23H22N2O3S2. The molecule has 2 aromatic rings. The van der Waals surface area contributed by atoms with Gasteiger partial charge in [-0.3, -0.25) is 14.5 Å². The van der Waals surface area contributed by atoms with Gasteiger partial charge in [0.2, 0.25) is 0 Å². The number of thiocarbonyl (C=S) groups is 1. The lowest BCUT2D eigenvalue weighted by Crippen LogP contribution is -2.38. The van der Waals surface area contributed by atoms with E-state index >= 15 is 0 Å². The first-order valence-electron chi connectivity index (χ1n) is 9.95. The molecule has 0 bridgehead atoms. The van der Waals surface area contributed by atoms with Gasteiger partial charge in [-0.1, -0.05) is 54.3 Å². The largest absolute Gasteiger partial charge is 0.484 e. The van der Waals surface area contributed by atoms with Crippen molar-refractivity contribution in [2.75, 3.05) is 24.6 Å². The highest BCUT2D eigenvalue weighted by Gasteiger charge is 2.33. The van der Waals surface area contributed by atoms with Gasteiger partial charge in [0.15, 0.2) is 10.9 Å². The Kier molecular flexibility index (Phi) is 6.50. The summed E-state index contributed by atoms with van der Waals surface area (Å²) in [4.78, 5) is 29.0. The molecule has 0 atom stereocenters. The minimum atomic E-state index is -0.122. The summed E-state index contributed by atoms with van der Waals surface area (Å²) in [6.45, 7) is 1.69. The monoisotopic (exact) mass is 438 g/mol. The number of nitrogens with zero attached hydrogens (tertiary/aromatic N) is 2. The zero-order chi connectivity index (χ0) is 20.9. The van der Waals surface area contributed by atoms with E-state index in [2.05, 4.69) is 0 Å². The molecule has 0 unspecified atom stereocenters. The fraction of sp³-hybridized carbons (Fsp3) is 0.261. The van der Waals surface area contributed by atoms with Crippen molar-refractivity contribution in [3.63, 3.8) is 0 Å². The van der Waals surface area contributed by atoms with E-state index in [1.165, 1.54) is 18.2 Å². The third-order valence-corrected chi connectivity index (χ3v) is 6.36. The average molecular weight is 439 g/mol. The Morgan fingerprint density at radius 2 is 1.73 bits per heavy atom. The normalized spacial score (nSPS) is 18.2. The minimum absolute atomic E-state index is 0.0309. The van der Waals surface area contributed by atoms with Crippen LogP contribution in [0, 0.1) is 0 Å². The summed E-state index contributed by atoms with van der Waals surface area (Å²) in [5.41, 5.74) is 1.64. The van der Waals surface area contributed by atoms with Crippen LogP contribution in [0.5, 0.6) is 5.75 Å². The molecule has 7 heteroatoms. The molecule has 154 valence electrons. The fourth-order valence-corrected chi connectivity index (χ4v) is 4.76. The molecule has 0 N–H and O–H groups in total. The first-order chi connectivity index (χ1) is 14.6. The highest BCUT2D eigenvalue weighted by atomic mass is 32.2. The number of para-hydroxylation sites is 1. The van der Waals surface area contributed by atoms with Gasteiger partial charge in [-0.2, -0.15) is 0 Å². The summed E-state index contributed by atoms with van der Waals surface area (Å²) >= 11 is 6.69. The standard InChI is InChI=1S/C23H22N2O3S2/c26-21(24-13-5-2-6-14-24)16-28-19-11-9-17(10-12-19)15-20-22(27)25(23(29)30-20)18-7-3-1-4-8-18/h1,3-4,7-12,15H,2,5-6,13-14,16H2/b20-15-. The van der Waals surface area contributed by atoms with Crippen LogP contribution >= 0.6 is 24.0 Å². The van der Waals surface area contributed by atoms with E-state index in [4.69, 9.17) is 17.0 Å². The molecule has 30 heavy (non-hydrogen) atoms. The van der Waals surface area contributed by atoms with Gasteiger partial charge in [0, 0.05) is 13.1 Å². The fourth-order valence-electron chi connectivity index (χ4n) is 3.46.